The van der Waals surface area contributed by atoms with Gasteiger partial charge in [-0.2, -0.15) is 0 Å². The molecule has 2 heteroatoms. The number of carbonyl (C=O) groups is 1. The standard InChI is InChI=1S/C25H21NO/c1-20(19-22-13-7-4-8-14-22)25(27)26(2)24-16-10-9-15-23(24)18-17-21-11-5-3-6-12-21/h3-16H,1,19H2,2H3. The molecule has 0 aliphatic heterocycles. The molecule has 132 valence electrons. The molecule has 3 aromatic rings. The summed E-state index contributed by atoms with van der Waals surface area (Å²) in [4.78, 5) is 14.5. The van der Waals surface area contributed by atoms with Gasteiger partial charge in [-0.05, 0) is 29.8 Å². The van der Waals surface area contributed by atoms with Gasteiger partial charge in [-0.3, -0.25) is 4.79 Å². The lowest BCUT2D eigenvalue weighted by Crippen LogP contribution is -2.28. The Kier molecular flexibility index (Phi) is 5.87. The third kappa shape index (κ3) is 4.74. The zero-order chi connectivity index (χ0) is 19.1. The Morgan fingerprint density at radius 2 is 1.44 bits per heavy atom. The van der Waals surface area contributed by atoms with Gasteiger partial charge in [0.15, 0.2) is 0 Å². The van der Waals surface area contributed by atoms with Gasteiger partial charge in [-0.15, -0.1) is 0 Å². The van der Waals surface area contributed by atoms with Crippen molar-refractivity contribution < 1.29 is 4.79 Å². The highest BCUT2D eigenvalue weighted by atomic mass is 16.2. The molecule has 0 heterocycles. The second-order valence-corrected chi connectivity index (χ2v) is 6.26. The molecule has 3 aromatic carbocycles. The highest BCUT2D eigenvalue weighted by Gasteiger charge is 2.16. The first-order chi connectivity index (χ1) is 13.1. The maximum atomic E-state index is 12.9. The van der Waals surface area contributed by atoms with Gasteiger partial charge in [-0.25, -0.2) is 0 Å². The maximum absolute atomic E-state index is 12.9. The summed E-state index contributed by atoms with van der Waals surface area (Å²) >= 11 is 0. The van der Waals surface area contributed by atoms with Crippen molar-refractivity contribution in [3.63, 3.8) is 0 Å². The van der Waals surface area contributed by atoms with Crippen molar-refractivity contribution in [2.24, 2.45) is 0 Å². The van der Waals surface area contributed by atoms with Crippen LogP contribution in [0.4, 0.5) is 5.69 Å². The summed E-state index contributed by atoms with van der Waals surface area (Å²) in [5, 5.41) is 0. The van der Waals surface area contributed by atoms with Gasteiger partial charge in [0.1, 0.15) is 0 Å². The van der Waals surface area contributed by atoms with E-state index >= 15 is 0 Å². The molecule has 0 bridgehead atoms. The van der Waals surface area contributed by atoms with Crippen LogP contribution in [0, 0.1) is 11.8 Å². The highest BCUT2D eigenvalue weighted by molar-refractivity contribution is 6.05. The Hall–Kier alpha value is -3.57. The fraction of sp³-hybridized carbons (Fsp3) is 0.0800. The molecule has 0 aromatic heterocycles. The molecule has 3 rings (SSSR count). The average Bonchev–Trinajstić information content (AvgIpc) is 2.73. The lowest BCUT2D eigenvalue weighted by Gasteiger charge is -2.20. The lowest BCUT2D eigenvalue weighted by atomic mass is 10.0. The predicted octanol–water partition coefficient (Wildman–Crippen LogP) is 4.85. The lowest BCUT2D eigenvalue weighted by molar-refractivity contribution is -0.114. The van der Waals surface area contributed by atoms with Gasteiger partial charge in [0.05, 0.1) is 5.69 Å². The third-order valence-electron chi connectivity index (χ3n) is 4.25. The van der Waals surface area contributed by atoms with Crippen molar-refractivity contribution >= 4 is 11.6 Å². The van der Waals surface area contributed by atoms with Crippen LogP contribution in [-0.4, -0.2) is 13.0 Å². The SMILES string of the molecule is C=C(Cc1ccccc1)C(=O)N(C)c1ccccc1C#Cc1ccccc1. The van der Waals surface area contributed by atoms with E-state index in [2.05, 4.69) is 18.4 Å². The molecule has 0 saturated heterocycles. The minimum Gasteiger partial charge on any atom is -0.310 e. The molecule has 0 atom stereocenters. The molecule has 0 radical (unpaired) electrons. The normalized spacial score (nSPS) is 9.81. The number of benzene rings is 3. The number of likely N-dealkylation sites (N-methyl/N-ethyl adjacent to an activating group) is 1. The van der Waals surface area contributed by atoms with Crippen LogP contribution in [0.1, 0.15) is 16.7 Å². The van der Waals surface area contributed by atoms with E-state index in [-0.39, 0.29) is 5.91 Å². The number of para-hydroxylation sites is 1. The van der Waals surface area contributed by atoms with E-state index in [0.717, 1.165) is 22.4 Å². The quantitative estimate of drug-likeness (QED) is 0.486. The largest absolute Gasteiger partial charge is 0.310 e. The van der Waals surface area contributed by atoms with Crippen LogP contribution in [0.2, 0.25) is 0 Å². The predicted molar refractivity (Wildman–Crippen MR) is 112 cm³/mol. The van der Waals surface area contributed by atoms with Crippen molar-refractivity contribution in [3.8, 4) is 11.8 Å². The topological polar surface area (TPSA) is 20.3 Å². The van der Waals surface area contributed by atoms with Crippen LogP contribution in [0.5, 0.6) is 0 Å². The molecule has 2 nitrogen and oxygen atoms in total. The number of hydrogen-bond acceptors (Lipinski definition) is 1. The Balaban J connectivity index is 1.80. The molecule has 0 N–H and O–H groups in total. The average molecular weight is 351 g/mol. The van der Waals surface area contributed by atoms with Gasteiger partial charge < -0.3 is 4.90 Å². The highest BCUT2D eigenvalue weighted by Crippen LogP contribution is 2.21. The molecule has 0 saturated carbocycles. The summed E-state index contributed by atoms with van der Waals surface area (Å²) in [5.74, 6) is 6.23. The van der Waals surface area contributed by atoms with Crippen LogP contribution in [0.3, 0.4) is 0 Å². The smallest absolute Gasteiger partial charge is 0.253 e. The molecule has 27 heavy (non-hydrogen) atoms. The summed E-state index contributed by atoms with van der Waals surface area (Å²) < 4.78 is 0. The Bertz CT molecular complexity index is 994. The summed E-state index contributed by atoms with van der Waals surface area (Å²) in [7, 11) is 1.77. The van der Waals surface area contributed by atoms with Crippen LogP contribution >= 0.6 is 0 Å². The first-order valence-electron chi connectivity index (χ1n) is 8.81. The number of hydrogen-bond donors (Lipinski definition) is 0. The van der Waals surface area contributed by atoms with Gasteiger partial charge in [0.2, 0.25) is 0 Å². The van der Waals surface area contributed by atoms with E-state index in [1.54, 1.807) is 11.9 Å². The minimum atomic E-state index is -0.104. The van der Waals surface area contributed by atoms with Crippen LogP contribution in [-0.2, 0) is 11.2 Å². The van der Waals surface area contributed by atoms with Gasteiger partial charge in [0.25, 0.3) is 5.91 Å². The first kappa shape index (κ1) is 18.2. The van der Waals surface area contributed by atoms with Gasteiger partial charge in [0, 0.05) is 30.2 Å². The fourth-order valence-corrected chi connectivity index (χ4v) is 2.80. The summed E-state index contributed by atoms with van der Waals surface area (Å²) in [6.45, 7) is 3.99. The van der Waals surface area contributed by atoms with Crippen molar-refractivity contribution in [1.29, 1.82) is 0 Å². The summed E-state index contributed by atoms with van der Waals surface area (Å²) in [6, 6.07) is 27.4. The fourth-order valence-electron chi connectivity index (χ4n) is 2.80. The van der Waals surface area contributed by atoms with E-state index in [4.69, 9.17) is 0 Å². The van der Waals surface area contributed by atoms with Crippen molar-refractivity contribution in [3.05, 3.63) is 114 Å². The number of anilines is 1. The summed E-state index contributed by atoms with van der Waals surface area (Å²) in [5.41, 5.74) is 4.15. The molecular formula is C25H21NO. The zero-order valence-electron chi connectivity index (χ0n) is 15.4. The number of nitrogens with zero attached hydrogens (tertiary/aromatic N) is 1. The van der Waals surface area contributed by atoms with Crippen LogP contribution < -0.4 is 4.90 Å². The molecule has 0 unspecified atom stereocenters. The Morgan fingerprint density at radius 3 is 2.15 bits per heavy atom. The number of rotatable bonds is 4. The van der Waals surface area contributed by atoms with Gasteiger partial charge in [-0.1, -0.05) is 79.1 Å². The first-order valence-corrected chi connectivity index (χ1v) is 8.81. The van der Waals surface area contributed by atoms with E-state index in [1.807, 2.05) is 84.9 Å². The third-order valence-corrected chi connectivity index (χ3v) is 4.25. The van der Waals surface area contributed by atoms with Crippen molar-refractivity contribution in [1.82, 2.24) is 0 Å². The molecule has 1 amide bonds. The number of carbonyl (C=O) groups excluding carboxylic acids is 1. The monoisotopic (exact) mass is 351 g/mol. The van der Waals surface area contributed by atoms with Crippen molar-refractivity contribution in [2.45, 2.75) is 6.42 Å². The number of amides is 1. The Morgan fingerprint density at radius 1 is 0.852 bits per heavy atom. The second kappa shape index (κ2) is 8.69. The second-order valence-electron chi connectivity index (χ2n) is 6.26. The van der Waals surface area contributed by atoms with Gasteiger partial charge >= 0.3 is 0 Å². The molecule has 0 aliphatic rings. The molecular weight excluding hydrogens is 330 g/mol. The summed E-state index contributed by atoms with van der Waals surface area (Å²) in [6.07, 6.45) is 0.530. The van der Waals surface area contributed by atoms with Crippen LogP contribution in [0.25, 0.3) is 0 Å². The van der Waals surface area contributed by atoms with E-state index < -0.39 is 0 Å². The molecule has 0 fully saturated rings. The van der Waals surface area contributed by atoms with Crippen LogP contribution in [0.15, 0.2) is 97.1 Å². The zero-order valence-corrected chi connectivity index (χ0v) is 15.4. The van der Waals surface area contributed by atoms with E-state index in [0.29, 0.717) is 12.0 Å². The molecule has 0 aliphatic carbocycles. The molecule has 0 spiro atoms. The van der Waals surface area contributed by atoms with E-state index in [9.17, 15) is 4.79 Å². The Labute approximate surface area is 160 Å². The van der Waals surface area contributed by atoms with Crippen molar-refractivity contribution in [2.75, 3.05) is 11.9 Å². The minimum absolute atomic E-state index is 0.104. The van der Waals surface area contributed by atoms with E-state index in [1.165, 1.54) is 0 Å². The maximum Gasteiger partial charge on any atom is 0.253 e.